The van der Waals surface area contributed by atoms with Crippen molar-refractivity contribution in [3.05, 3.63) is 42.7 Å². The molecule has 0 spiro atoms. The molecule has 1 N–H and O–H groups in total. The lowest BCUT2D eigenvalue weighted by atomic mass is 10.4. The minimum Gasteiger partial charge on any atom is -0.341 e. The van der Waals surface area contributed by atoms with Crippen molar-refractivity contribution in [2.24, 2.45) is 0 Å². The number of fused-ring (bicyclic) bond motifs is 1. The van der Waals surface area contributed by atoms with E-state index in [1.165, 1.54) is 30.2 Å². The van der Waals surface area contributed by atoms with Gasteiger partial charge in [0.2, 0.25) is 0 Å². The Kier molecular flexibility index (Phi) is 2.49. The molecule has 0 aliphatic heterocycles. The van der Waals surface area contributed by atoms with Crippen LogP contribution in [0.4, 0.5) is 4.39 Å². The quantitative estimate of drug-likeness (QED) is 0.706. The molecule has 2 aromatic heterocycles. The molecule has 0 saturated heterocycles. The maximum Gasteiger partial charge on any atom is 0.181 e. The van der Waals surface area contributed by atoms with Crippen LogP contribution in [0.1, 0.15) is 0 Å². The number of benzene rings is 1. The van der Waals surface area contributed by atoms with Crippen molar-refractivity contribution < 1.29 is 4.39 Å². The summed E-state index contributed by atoms with van der Waals surface area (Å²) >= 11 is 1.37. The average molecular weight is 246 g/mol. The van der Waals surface area contributed by atoms with Crippen LogP contribution < -0.4 is 0 Å². The van der Waals surface area contributed by atoms with Crippen LogP contribution in [-0.2, 0) is 0 Å². The van der Waals surface area contributed by atoms with E-state index in [9.17, 15) is 4.39 Å². The highest BCUT2D eigenvalue weighted by Crippen LogP contribution is 2.29. The zero-order valence-electron chi connectivity index (χ0n) is 8.59. The standard InChI is InChI=1S/C11H7FN4S/c12-7-2-1-3-8(4-7)17-11-9-10(14-5-13-9)15-6-16-11/h1-6H,(H,13,14,15,16). The van der Waals surface area contributed by atoms with Gasteiger partial charge in [0.05, 0.1) is 6.33 Å². The van der Waals surface area contributed by atoms with Gasteiger partial charge in [-0.15, -0.1) is 0 Å². The maximum absolute atomic E-state index is 13.1. The van der Waals surface area contributed by atoms with Gasteiger partial charge >= 0.3 is 0 Å². The second kappa shape index (κ2) is 4.14. The Balaban J connectivity index is 2.02. The lowest BCUT2D eigenvalue weighted by molar-refractivity contribution is 0.624. The predicted octanol–water partition coefficient (Wildman–Crippen LogP) is 2.64. The predicted molar refractivity (Wildman–Crippen MR) is 62.2 cm³/mol. The summed E-state index contributed by atoms with van der Waals surface area (Å²) in [5.41, 5.74) is 1.38. The summed E-state index contributed by atoms with van der Waals surface area (Å²) in [5, 5.41) is 0.734. The van der Waals surface area contributed by atoms with E-state index in [-0.39, 0.29) is 5.82 Å². The molecule has 2 heterocycles. The highest BCUT2D eigenvalue weighted by Gasteiger charge is 2.07. The van der Waals surface area contributed by atoms with Crippen LogP contribution in [0.25, 0.3) is 11.2 Å². The van der Waals surface area contributed by atoms with Crippen LogP contribution in [-0.4, -0.2) is 19.9 Å². The Labute approximate surface area is 100 Å². The third-order valence-corrected chi connectivity index (χ3v) is 3.19. The Morgan fingerprint density at radius 3 is 3.00 bits per heavy atom. The molecule has 0 fully saturated rings. The second-order valence-electron chi connectivity index (χ2n) is 3.34. The number of rotatable bonds is 2. The molecule has 0 radical (unpaired) electrons. The third kappa shape index (κ3) is 1.99. The lowest BCUT2D eigenvalue weighted by Gasteiger charge is -2.01. The van der Waals surface area contributed by atoms with Crippen molar-refractivity contribution in [3.63, 3.8) is 0 Å². The molecule has 0 aliphatic rings. The Hall–Kier alpha value is -1.95. The van der Waals surface area contributed by atoms with Gasteiger partial charge in [0.25, 0.3) is 0 Å². The number of aromatic amines is 1. The molecule has 1 aromatic carbocycles. The molecule has 3 rings (SSSR count). The fourth-order valence-corrected chi connectivity index (χ4v) is 2.36. The SMILES string of the molecule is Fc1cccc(Sc2ncnc3nc[nH]c23)c1. The Morgan fingerprint density at radius 1 is 1.18 bits per heavy atom. The first-order valence-electron chi connectivity index (χ1n) is 4.90. The van der Waals surface area contributed by atoms with E-state index in [0.29, 0.717) is 5.65 Å². The molecule has 0 amide bonds. The fraction of sp³-hybridized carbons (Fsp3) is 0. The van der Waals surface area contributed by atoms with Crippen LogP contribution in [0.15, 0.2) is 46.8 Å². The number of H-pyrrole nitrogens is 1. The lowest BCUT2D eigenvalue weighted by Crippen LogP contribution is -1.86. The number of nitrogens with one attached hydrogen (secondary N) is 1. The summed E-state index contributed by atoms with van der Waals surface area (Å²) in [6.07, 6.45) is 3.01. The first-order valence-corrected chi connectivity index (χ1v) is 5.72. The monoisotopic (exact) mass is 246 g/mol. The second-order valence-corrected chi connectivity index (χ2v) is 4.40. The summed E-state index contributed by atoms with van der Waals surface area (Å²) in [5.74, 6) is -0.259. The van der Waals surface area contributed by atoms with Crippen molar-refractivity contribution in [2.45, 2.75) is 9.92 Å². The van der Waals surface area contributed by atoms with Gasteiger partial charge in [0, 0.05) is 4.90 Å². The van der Waals surface area contributed by atoms with Crippen molar-refractivity contribution in [3.8, 4) is 0 Å². The van der Waals surface area contributed by atoms with Gasteiger partial charge in [-0.3, -0.25) is 0 Å². The molecule has 4 nitrogen and oxygen atoms in total. The van der Waals surface area contributed by atoms with Crippen LogP contribution in [0, 0.1) is 5.82 Å². The summed E-state index contributed by atoms with van der Waals surface area (Å²) < 4.78 is 13.1. The van der Waals surface area contributed by atoms with Gasteiger partial charge < -0.3 is 4.98 Å². The van der Waals surface area contributed by atoms with Crippen LogP contribution in [0.2, 0.25) is 0 Å². The molecule has 3 aromatic rings. The van der Waals surface area contributed by atoms with E-state index >= 15 is 0 Å². The van der Waals surface area contributed by atoms with Gasteiger partial charge in [-0.2, -0.15) is 0 Å². The Morgan fingerprint density at radius 2 is 2.12 bits per heavy atom. The number of nitrogens with zero attached hydrogens (tertiary/aromatic N) is 3. The summed E-state index contributed by atoms with van der Waals surface area (Å²) in [6, 6.07) is 6.38. The van der Waals surface area contributed by atoms with Crippen molar-refractivity contribution in [1.82, 2.24) is 19.9 Å². The molecule has 0 bridgehead atoms. The highest BCUT2D eigenvalue weighted by molar-refractivity contribution is 7.99. The van der Waals surface area contributed by atoms with Gasteiger partial charge in [-0.05, 0) is 18.2 Å². The van der Waals surface area contributed by atoms with E-state index in [1.807, 2.05) is 6.07 Å². The topological polar surface area (TPSA) is 54.5 Å². The van der Waals surface area contributed by atoms with Gasteiger partial charge in [-0.25, -0.2) is 19.3 Å². The molecular formula is C11H7FN4S. The first-order chi connectivity index (χ1) is 8.33. The molecule has 6 heteroatoms. The van der Waals surface area contributed by atoms with E-state index in [2.05, 4.69) is 19.9 Å². The van der Waals surface area contributed by atoms with Crippen LogP contribution in [0.5, 0.6) is 0 Å². The van der Waals surface area contributed by atoms with Crippen LogP contribution in [0.3, 0.4) is 0 Å². The van der Waals surface area contributed by atoms with Gasteiger partial charge in [-0.1, -0.05) is 17.8 Å². The molecule has 0 unspecified atom stereocenters. The number of imidazole rings is 1. The zero-order valence-corrected chi connectivity index (χ0v) is 9.41. The summed E-state index contributed by atoms with van der Waals surface area (Å²) in [4.78, 5) is 16.0. The normalized spacial score (nSPS) is 10.9. The smallest absolute Gasteiger partial charge is 0.181 e. The summed E-state index contributed by atoms with van der Waals surface area (Å²) in [6.45, 7) is 0. The highest BCUT2D eigenvalue weighted by atomic mass is 32.2. The van der Waals surface area contributed by atoms with Crippen molar-refractivity contribution in [2.75, 3.05) is 0 Å². The fourth-order valence-electron chi connectivity index (χ4n) is 1.46. The van der Waals surface area contributed by atoms with Gasteiger partial charge in [0.15, 0.2) is 5.65 Å². The average Bonchev–Trinajstić information content (AvgIpc) is 2.78. The number of halogens is 1. The van der Waals surface area contributed by atoms with Crippen molar-refractivity contribution >= 4 is 22.9 Å². The minimum atomic E-state index is -0.259. The van der Waals surface area contributed by atoms with E-state index < -0.39 is 0 Å². The van der Waals surface area contributed by atoms with Crippen molar-refractivity contribution in [1.29, 1.82) is 0 Å². The van der Waals surface area contributed by atoms with E-state index in [0.717, 1.165) is 15.4 Å². The third-order valence-electron chi connectivity index (χ3n) is 2.20. The maximum atomic E-state index is 13.1. The van der Waals surface area contributed by atoms with Gasteiger partial charge in [0.1, 0.15) is 22.7 Å². The zero-order chi connectivity index (χ0) is 11.7. The number of hydrogen-bond acceptors (Lipinski definition) is 4. The molecule has 0 saturated carbocycles. The summed E-state index contributed by atoms with van der Waals surface area (Å²) in [7, 11) is 0. The molecule has 17 heavy (non-hydrogen) atoms. The molecular weight excluding hydrogens is 239 g/mol. The largest absolute Gasteiger partial charge is 0.341 e. The number of aromatic nitrogens is 4. The van der Waals surface area contributed by atoms with E-state index in [4.69, 9.17) is 0 Å². The number of hydrogen-bond donors (Lipinski definition) is 1. The minimum absolute atomic E-state index is 0.259. The first kappa shape index (κ1) is 10.2. The molecule has 0 aliphatic carbocycles. The Bertz CT molecular complexity index is 667. The van der Waals surface area contributed by atoms with Crippen LogP contribution >= 0.6 is 11.8 Å². The molecule has 84 valence electrons. The van der Waals surface area contributed by atoms with E-state index in [1.54, 1.807) is 12.4 Å². The molecule has 0 atom stereocenters.